The molecule has 0 bridgehead atoms. The number of rotatable bonds is 1. The molecule has 4 aliphatic carbocycles. The van der Waals surface area contributed by atoms with E-state index >= 15 is 0 Å². The highest BCUT2D eigenvalue weighted by Gasteiger charge is 2.71. The lowest BCUT2D eigenvalue weighted by atomic mass is 9.54. The second kappa shape index (κ2) is 5.95. The monoisotopic (exact) mass is 400 g/mol. The Kier molecular flexibility index (Phi) is 3.82. The third-order valence-corrected chi connectivity index (χ3v) is 9.29. The molecule has 0 aromatic heterocycles. The number of carbonyl (C=O) groups excluding carboxylic acids is 1. The van der Waals surface area contributed by atoms with Gasteiger partial charge >= 0.3 is 5.97 Å². The third kappa shape index (κ3) is 2.41. The standard InChI is InChI=1S/C24H32O5/c1-14(25)28-16-6-8-22(2)15(12-16)4-5-17-18-7-9-24(26-10-11-27-24)23(18,3)13-19-21(29-19)20(17)22/h4,12,17-21H,5-11,13H2,1-3H3/t17?,18?,19?,20?,21?,22-,23-/m0/s1. The lowest BCUT2D eigenvalue weighted by Gasteiger charge is -2.51. The highest BCUT2D eigenvalue weighted by molar-refractivity contribution is 5.67. The van der Waals surface area contributed by atoms with Gasteiger partial charge in [0.25, 0.3) is 0 Å². The molecule has 0 N–H and O–H groups in total. The first-order chi connectivity index (χ1) is 13.9. The van der Waals surface area contributed by atoms with Gasteiger partial charge in [-0.15, -0.1) is 0 Å². The summed E-state index contributed by atoms with van der Waals surface area (Å²) in [6.07, 6.45) is 11.4. The first kappa shape index (κ1) is 18.6. The first-order valence-corrected chi connectivity index (χ1v) is 11.4. The van der Waals surface area contributed by atoms with E-state index in [9.17, 15) is 4.79 Å². The van der Waals surface area contributed by atoms with Crippen LogP contribution in [0.15, 0.2) is 23.5 Å². The Hall–Kier alpha value is -1.17. The topological polar surface area (TPSA) is 57.3 Å². The number of hydrogen-bond acceptors (Lipinski definition) is 5. The van der Waals surface area contributed by atoms with Crippen molar-refractivity contribution in [3.05, 3.63) is 23.5 Å². The number of esters is 1. The Labute approximate surface area is 172 Å². The van der Waals surface area contributed by atoms with E-state index in [1.165, 1.54) is 18.9 Å². The summed E-state index contributed by atoms with van der Waals surface area (Å²) in [5.41, 5.74) is 1.46. The summed E-state index contributed by atoms with van der Waals surface area (Å²) in [6.45, 7) is 7.76. The van der Waals surface area contributed by atoms with Gasteiger partial charge in [0.15, 0.2) is 5.79 Å². The molecule has 2 aliphatic heterocycles. The van der Waals surface area contributed by atoms with Gasteiger partial charge in [0.05, 0.1) is 25.4 Å². The Balaban J connectivity index is 1.39. The van der Waals surface area contributed by atoms with Crippen LogP contribution in [0, 0.1) is 28.6 Å². The van der Waals surface area contributed by atoms with Crippen LogP contribution in [-0.2, 0) is 23.7 Å². The molecule has 6 aliphatic rings. The summed E-state index contributed by atoms with van der Waals surface area (Å²) >= 11 is 0. The molecular formula is C24H32O5. The summed E-state index contributed by atoms with van der Waals surface area (Å²) < 4.78 is 24.4. The van der Waals surface area contributed by atoms with Gasteiger partial charge < -0.3 is 18.9 Å². The van der Waals surface area contributed by atoms with Crippen LogP contribution >= 0.6 is 0 Å². The molecule has 0 amide bonds. The molecular weight excluding hydrogens is 368 g/mol. The van der Waals surface area contributed by atoms with Crippen molar-refractivity contribution < 1.29 is 23.7 Å². The molecule has 7 atom stereocenters. The van der Waals surface area contributed by atoms with Crippen LogP contribution in [0.3, 0.4) is 0 Å². The SMILES string of the molecule is CC(=O)OC1=CC2=CCC3C(C4OC4C[C@@]4(C)C3CCC43OCCO3)[C@@]2(C)CC1. The molecule has 0 aromatic carbocycles. The number of ether oxygens (including phenoxy) is 4. The van der Waals surface area contributed by atoms with Gasteiger partial charge in [-0.2, -0.15) is 0 Å². The van der Waals surface area contributed by atoms with Gasteiger partial charge in [-0.3, -0.25) is 4.79 Å². The van der Waals surface area contributed by atoms with E-state index < -0.39 is 5.79 Å². The van der Waals surface area contributed by atoms with E-state index in [0.29, 0.717) is 30.0 Å². The maximum absolute atomic E-state index is 11.4. The molecule has 0 radical (unpaired) electrons. The summed E-state index contributed by atoms with van der Waals surface area (Å²) in [5, 5.41) is 0. The fourth-order valence-electron chi connectivity index (χ4n) is 7.97. The molecule has 2 heterocycles. The molecule has 5 heteroatoms. The smallest absolute Gasteiger partial charge is 0.307 e. The lowest BCUT2D eigenvalue weighted by Crippen LogP contribution is -2.50. The summed E-state index contributed by atoms with van der Waals surface area (Å²) in [5.74, 6) is 1.92. The van der Waals surface area contributed by atoms with Gasteiger partial charge in [0.1, 0.15) is 5.76 Å². The normalized spacial score (nSPS) is 49.1. The summed E-state index contributed by atoms with van der Waals surface area (Å²) in [4.78, 5) is 11.4. The van der Waals surface area contributed by atoms with E-state index in [1.54, 1.807) is 0 Å². The number of carbonyl (C=O) groups is 1. The largest absolute Gasteiger partial charge is 0.431 e. The molecule has 158 valence electrons. The van der Waals surface area contributed by atoms with Crippen LogP contribution in [0.25, 0.3) is 0 Å². The molecule has 6 rings (SSSR count). The zero-order chi connectivity index (χ0) is 20.0. The average molecular weight is 401 g/mol. The zero-order valence-corrected chi connectivity index (χ0v) is 17.7. The quantitative estimate of drug-likeness (QED) is 0.489. The van der Waals surface area contributed by atoms with Crippen LogP contribution in [0.5, 0.6) is 0 Å². The Bertz CT molecular complexity index is 808. The molecule has 29 heavy (non-hydrogen) atoms. The Morgan fingerprint density at radius 2 is 2.00 bits per heavy atom. The van der Waals surface area contributed by atoms with E-state index in [-0.39, 0.29) is 16.8 Å². The number of hydrogen-bond donors (Lipinski definition) is 0. The molecule has 0 aromatic rings. The van der Waals surface area contributed by atoms with Crippen molar-refractivity contribution in [2.45, 2.75) is 77.3 Å². The average Bonchev–Trinajstić information content (AvgIpc) is 3.14. The van der Waals surface area contributed by atoms with E-state index in [4.69, 9.17) is 18.9 Å². The molecule has 5 unspecified atom stereocenters. The molecule has 4 fully saturated rings. The maximum Gasteiger partial charge on any atom is 0.307 e. The predicted molar refractivity (Wildman–Crippen MR) is 106 cm³/mol. The van der Waals surface area contributed by atoms with Crippen molar-refractivity contribution in [2.75, 3.05) is 13.2 Å². The lowest BCUT2D eigenvalue weighted by molar-refractivity contribution is -0.232. The Morgan fingerprint density at radius 1 is 1.21 bits per heavy atom. The van der Waals surface area contributed by atoms with Gasteiger partial charge in [-0.1, -0.05) is 19.9 Å². The predicted octanol–water partition coefficient (Wildman–Crippen LogP) is 4.13. The van der Waals surface area contributed by atoms with Crippen molar-refractivity contribution in [3.8, 4) is 0 Å². The van der Waals surface area contributed by atoms with E-state index in [1.807, 2.05) is 0 Å². The molecule has 1 spiro atoms. The molecule has 2 saturated heterocycles. The minimum atomic E-state index is -0.400. The zero-order valence-electron chi connectivity index (χ0n) is 17.7. The van der Waals surface area contributed by atoms with Crippen molar-refractivity contribution in [3.63, 3.8) is 0 Å². The molecule has 2 saturated carbocycles. The van der Waals surface area contributed by atoms with Gasteiger partial charge in [0.2, 0.25) is 0 Å². The number of fused-ring (bicyclic) bond motifs is 8. The van der Waals surface area contributed by atoms with Crippen LogP contribution in [0.4, 0.5) is 0 Å². The van der Waals surface area contributed by atoms with Crippen molar-refractivity contribution in [1.29, 1.82) is 0 Å². The number of epoxide rings is 1. The van der Waals surface area contributed by atoms with Crippen molar-refractivity contribution >= 4 is 5.97 Å². The summed E-state index contributed by atoms with van der Waals surface area (Å²) in [6, 6.07) is 0. The van der Waals surface area contributed by atoms with Gasteiger partial charge in [-0.25, -0.2) is 0 Å². The third-order valence-electron chi connectivity index (χ3n) is 9.29. The van der Waals surface area contributed by atoms with Gasteiger partial charge in [-0.05, 0) is 54.6 Å². The fourth-order valence-corrected chi connectivity index (χ4v) is 7.97. The second-order valence-corrected chi connectivity index (χ2v) is 10.6. The highest BCUT2D eigenvalue weighted by Crippen LogP contribution is 2.69. The Morgan fingerprint density at radius 3 is 2.76 bits per heavy atom. The van der Waals surface area contributed by atoms with Crippen LogP contribution < -0.4 is 0 Å². The van der Waals surface area contributed by atoms with Crippen LogP contribution in [0.2, 0.25) is 0 Å². The molecule has 5 nitrogen and oxygen atoms in total. The van der Waals surface area contributed by atoms with Crippen molar-refractivity contribution in [2.24, 2.45) is 28.6 Å². The minimum Gasteiger partial charge on any atom is -0.431 e. The fraction of sp³-hybridized carbons (Fsp3) is 0.792. The van der Waals surface area contributed by atoms with E-state index in [0.717, 1.165) is 51.1 Å². The number of allylic oxidation sites excluding steroid dienone is 4. The van der Waals surface area contributed by atoms with Crippen LogP contribution in [0.1, 0.15) is 59.3 Å². The van der Waals surface area contributed by atoms with Crippen molar-refractivity contribution in [1.82, 2.24) is 0 Å². The maximum atomic E-state index is 11.4. The highest BCUT2D eigenvalue weighted by atomic mass is 16.7. The minimum absolute atomic E-state index is 0.0252. The van der Waals surface area contributed by atoms with Crippen LogP contribution in [-0.4, -0.2) is 37.2 Å². The second-order valence-electron chi connectivity index (χ2n) is 10.6. The first-order valence-electron chi connectivity index (χ1n) is 11.4. The summed E-state index contributed by atoms with van der Waals surface area (Å²) in [7, 11) is 0. The van der Waals surface area contributed by atoms with Gasteiger partial charge in [0, 0.05) is 31.1 Å². The van der Waals surface area contributed by atoms with E-state index in [2.05, 4.69) is 26.0 Å².